The van der Waals surface area contributed by atoms with Crippen LogP contribution in [0.4, 0.5) is 10.5 Å². The average molecular weight is 391 g/mol. The van der Waals surface area contributed by atoms with Gasteiger partial charge in [0.15, 0.2) is 0 Å². The predicted molar refractivity (Wildman–Crippen MR) is 102 cm³/mol. The monoisotopic (exact) mass is 391 g/mol. The second kappa shape index (κ2) is 10.9. The highest BCUT2D eigenvalue weighted by Crippen LogP contribution is 2.17. The third kappa shape index (κ3) is 7.26. The van der Waals surface area contributed by atoms with E-state index in [1.165, 1.54) is 6.92 Å². The largest absolute Gasteiger partial charge is 0.470 e. The van der Waals surface area contributed by atoms with Crippen molar-refractivity contribution in [3.8, 4) is 0 Å². The van der Waals surface area contributed by atoms with Crippen molar-refractivity contribution >= 4 is 29.6 Å². The Balaban J connectivity index is 2.00. The Morgan fingerprint density at radius 2 is 1.96 bits per heavy atom. The number of rotatable bonds is 7. The zero-order valence-electron chi connectivity index (χ0n) is 16.0. The van der Waals surface area contributed by atoms with Crippen LogP contribution in [-0.4, -0.2) is 42.6 Å². The Kier molecular flexibility index (Phi) is 8.26. The SMILES string of the molecule is CCCC(=O)N[C@@H]1CC[C@H](COC(C)=O)OC1=NOC(=O)Nc1ccccc1. The molecule has 1 aliphatic rings. The molecule has 0 aromatic heterocycles. The van der Waals surface area contributed by atoms with Gasteiger partial charge in [-0.3, -0.25) is 19.7 Å². The fourth-order valence-corrected chi connectivity index (χ4v) is 2.58. The first kappa shape index (κ1) is 21.2. The highest BCUT2D eigenvalue weighted by Gasteiger charge is 2.31. The summed E-state index contributed by atoms with van der Waals surface area (Å²) in [5.41, 5.74) is 0.554. The molecule has 0 aliphatic carbocycles. The lowest BCUT2D eigenvalue weighted by molar-refractivity contribution is -0.144. The van der Waals surface area contributed by atoms with Gasteiger partial charge in [-0.05, 0) is 36.6 Å². The molecule has 2 rings (SSSR count). The molecule has 1 heterocycles. The number of ether oxygens (including phenoxy) is 2. The second-order valence-electron chi connectivity index (χ2n) is 6.29. The van der Waals surface area contributed by atoms with Crippen LogP contribution in [0.15, 0.2) is 35.5 Å². The summed E-state index contributed by atoms with van der Waals surface area (Å²) in [6, 6.07) is 8.24. The van der Waals surface area contributed by atoms with Gasteiger partial charge in [-0.25, -0.2) is 4.79 Å². The summed E-state index contributed by atoms with van der Waals surface area (Å²) in [7, 11) is 0. The van der Waals surface area contributed by atoms with Crippen LogP contribution in [0.25, 0.3) is 0 Å². The van der Waals surface area contributed by atoms with Gasteiger partial charge in [-0.1, -0.05) is 25.1 Å². The molecule has 0 radical (unpaired) electrons. The summed E-state index contributed by atoms with van der Waals surface area (Å²) in [6.45, 7) is 3.26. The maximum atomic E-state index is 11.9. The van der Waals surface area contributed by atoms with Crippen LogP contribution in [0.2, 0.25) is 0 Å². The van der Waals surface area contributed by atoms with Gasteiger partial charge in [0.1, 0.15) is 18.8 Å². The van der Waals surface area contributed by atoms with Gasteiger partial charge in [-0.2, -0.15) is 0 Å². The van der Waals surface area contributed by atoms with E-state index in [4.69, 9.17) is 14.3 Å². The fraction of sp³-hybridized carbons (Fsp3) is 0.474. The molecule has 9 heteroatoms. The first-order valence-electron chi connectivity index (χ1n) is 9.18. The third-order valence-electron chi connectivity index (χ3n) is 3.89. The van der Waals surface area contributed by atoms with E-state index in [0.29, 0.717) is 31.4 Å². The van der Waals surface area contributed by atoms with Gasteiger partial charge in [0.2, 0.25) is 11.8 Å². The third-order valence-corrected chi connectivity index (χ3v) is 3.89. The van der Waals surface area contributed by atoms with Crippen molar-refractivity contribution in [3.05, 3.63) is 30.3 Å². The standard InChI is InChI=1S/C19H25N3O6/c1-3-7-17(24)21-16-11-10-15(12-26-13(2)23)27-18(16)22-28-19(25)20-14-8-5-4-6-9-14/h4-6,8-9,15-16H,3,7,10-12H2,1-2H3,(H,20,25)(H,21,24)/t15-,16-/m1/s1. The molecule has 2 amide bonds. The molecule has 152 valence electrons. The number of carbonyl (C=O) groups is 3. The van der Waals surface area contributed by atoms with Crippen LogP contribution in [-0.2, 0) is 23.9 Å². The molecule has 2 atom stereocenters. The van der Waals surface area contributed by atoms with E-state index in [0.717, 1.165) is 0 Å². The summed E-state index contributed by atoms with van der Waals surface area (Å²) in [4.78, 5) is 39.7. The predicted octanol–water partition coefficient (Wildman–Crippen LogP) is 2.58. The smallest absolute Gasteiger partial charge is 0.437 e. The normalized spacial score (nSPS) is 20.0. The number of hydrogen-bond donors (Lipinski definition) is 2. The topological polar surface area (TPSA) is 115 Å². The number of esters is 1. The summed E-state index contributed by atoms with van der Waals surface area (Å²) in [5, 5.41) is 9.12. The molecule has 1 aromatic rings. The van der Waals surface area contributed by atoms with Gasteiger partial charge in [0.25, 0.3) is 0 Å². The van der Waals surface area contributed by atoms with Crippen molar-refractivity contribution in [2.75, 3.05) is 11.9 Å². The summed E-state index contributed by atoms with van der Waals surface area (Å²) >= 11 is 0. The van der Waals surface area contributed by atoms with Gasteiger partial charge in [-0.15, -0.1) is 0 Å². The summed E-state index contributed by atoms with van der Waals surface area (Å²) in [5.74, 6) is -0.494. The maximum absolute atomic E-state index is 11.9. The quantitative estimate of drug-likeness (QED) is 0.419. The van der Waals surface area contributed by atoms with E-state index in [9.17, 15) is 14.4 Å². The molecular weight excluding hydrogens is 366 g/mol. The molecule has 0 unspecified atom stereocenters. The lowest BCUT2D eigenvalue weighted by Crippen LogP contribution is -2.47. The van der Waals surface area contributed by atoms with E-state index < -0.39 is 24.2 Å². The number of oxime groups is 1. The first-order chi connectivity index (χ1) is 13.5. The zero-order chi connectivity index (χ0) is 20.4. The molecule has 0 bridgehead atoms. The molecule has 1 saturated heterocycles. The summed E-state index contributed by atoms with van der Waals surface area (Å²) in [6.07, 6.45) is 0.932. The van der Waals surface area contributed by atoms with Crippen molar-refractivity contribution < 1.29 is 28.7 Å². The first-order valence-corrected chi connectivity index (χ1v) is 9.18. The van der Waals surface area contributed by atoms with Crippen molar-refractivity contribution in [1.29, 1.82) is 0 Å². The Bertz CT molecular complexity index is 707. The Hall–Kier alpha value is -3.10. The lowest BCUT2D eigenvalue weighted by Gasteiger charge is -2.30. The van der Waals surface area contributed by atoms with Crippen LogP contribution in [0.5, 0.6) is 0 Å². The molecule has 9 nitrogen and oxygen atoms in total. The van der Waals surface area contributed by atoms with Crippen molar-refractivity contribution in [3.63, 3.8) is 0 Å². The van der Waals surface area contributed by atoms with E-state index in [-0.39, 0.29) is 18.4 Å². The Labute approximate surface area is 163 Å². The minimum absolute atomic E-state index is 0.0557. The lowest BCUT2D eigenvalue weighted by atomic mass is 10.0. The van der Waals surface area contributed by atoms with Crippen LogP contribution >= 0.6 is 0 Å². The molecule has 1 fully saturated rings. The van der Waals surface area contributed by atoms with Crippen molar-refractivity contribution in [2.45, 2.75) is 51.7 Å². The molecule has 1 aliphatic heterocycles. The molecular formula is C19H25N3O6. The van der Waals surface area contributed by atoms with Crippen molar-refractivity contribution in [2.24, 2.45) is 5.16 Å². The van der Waals surface area contributed by atoms with Crippen LogP contribution in [0, 0.1) is 0 Å². The highest BCUT2D eigenvalue weighted by molar-refractivity contribution is 5.89. The molecule has 0 saturated carbocycles. The van der Waals surface area contributed by atoms with Gasteiger partial charge in [0.05, 0.1) is 0 Å². The van der Waals surface area contributed by atoms with E-state index in [2.05, 4.69) is 15.8 Å². The Morgan fingerprint density at radius 3 is 2.64 bits per heavy atom. The van der Waals surface area contributed by atoms with Crippen molar-refractivity contribution in [1.82, 2.24) is 5.32 Å². The number of hydrogen-bond acceptors (Lipinski definition) is 7. The number of para-hydroxylation sites is 1. The number of nitrogens with zero attached hydrogens (tertiary/aromatic N) is 1. The van der Waals surface area contributed by atoms with Crippen LogP contribution in [0.1, 0.15) is 39.5 Å². The Morgan fingerprint density at radius 1 is 1.21 bits per heavy atom. The number of nitrogens with one attached hydrogen (secondary N) is 2. The maximum Gasteiger partial charge on any atom is 0.437 e. The van der Waals surface area contributed by atoms with Crippen LogP contribution < -0.4 is 10.6 Å². The fourth-order valence-electron chi connectivity index (χ4n) is 2.58. The highest BCUT2D eigenvalue weighted by atomic mass is 16.7. The van der Waals surface area contributed by atoms with Crippen LogP contribution in [0.3, 0.4) is 0 Å². The minimum atomic E-state index is -0.789. The average Bonchev–Trinajstić information content (AvgIpc) is 2.67. The number of carbonyl (C=O) groups excluding carboxylic acids is 3. The molecule has 0 spiro atoms. The number of benzene rings is 1. The van der Waals surface area contributed by atoms with E-state index in [1.807, 2.05) is 13.0 Å². The number of anilines is 1. The van der Waals surface area contributed by atoms with E-state index in [1.54, 1.807) is 24.3 Å². The van der Waals surface area contributed by atoms with Gasteiger partial charge >= 0.3 is 12.1 Å². The molecule has 1 aromatic carbocycles. The second-order valence-corrected chi connectivity index (χ2v) is 6.29. The van der Waals surface area contributed by atoms with Gasteiger partial charge in [0, 0.05) is 19.0 Å². The van der Waals surface area contributed by atoms with E-state index >= 15 is 0 Å². The molecule has 2 N–H and O–H groups in total. The molecule has 28 heavy (non-hydrogen) atoms. The zero-order valence-corrected chi connectivity index (χ0v) is 16.0. The number of amides is 2. The van der Waals surface area contributed by atoms with Gasteiger partial charge < -0.3 is 14.8 Å². The summed E-state index contributed by atoms with van der Waals surface area (Å²) < 4.78 is 10.6. The minimum Gasteiger partial charge on any atom is -0.470 e.